The van der Waals surface area contributed by atoms with Gasteiger partial charge in [-0.3, -0.25) is 9.59 Å². The van der Waals surface area contributed by atoms with Crippen LogP contribution in [0.2, 0.25) is 0 Å². The fourth-order valence-corrected chi connectivity index (χ4v) is 0.927. The second kappa shape index (κ2) is 3.10. The lowest BCUT2D eigenvalue weighted by molar-refractivity contribution is 0.112. The van der Waals surface area contributed by atoms with E-state index in [1.54, 1.807) is 25.1 Å². The zero-order valence-corrected chi connectivity index (χ0v) is 6.20. The summed E-state index contributed by atoms with van der Waals surface area (Å²) < 4.78 is 0. The van der Waals surface area contributed by atoms with Crippen molar-refractivity contribution in [2.45, 2.75) is 6.92 Å². The van der Waals surface area contributed by atoms with E-state index < -0.39 is 0 Å². The molecule has 0 aliphatic rings. The van der Waals surface area contributed by atoms with Crippen molar-refractivity contribution in [1.82, 2.24) is 0 Å². The summed E-state index contributed by atoms with van der Waals surface area (Å²) in [5, 5.41) is 0. The van der Waals surface area contributed by atoms with Gasteiger partial charge in [-0.25, -0.2) is 0 Å². The molecule has 0 heterocycles. The van der Waals surface area contributed by atoms with E-state index in [1.165, 1.54) is 0 Å². The van der Waals surface area contributed by atoms with Crippen LogP contribution in [0.1, 0.15) is 26.3 Å². The zero-order chi connectivity index (χ0) is 8.27. The minimum Gasteiger partial charge on any atom is -0.298 e. The first kappa shape index (κ1) is 7.66. The van der Waals surface area contributed by atoms with Crippen LogP contribution < -0.4 is 0 Å². The highest BCUT2D eigenvalue weighted by Gasteiger charge is 1.99. The van der Waals surface area contributed by atoms with Gasteiger partial charge in [0.25, 0.3) is 0 Å². The minimum atomic E-state index is 0.578. The second-order valence-electron chi connectivity index (χ2n) is 2.30. The van der Waals surface area contributed by atoms with Gasteiger partial charge in [-0.2, -0.15) is 0 Å². The van der Waals surface area contributed by atoms with Crippen LogP contribution in [-0.4, -0.2) is 12.6 Å². The lowest BCUT2D eigenvalue weighted by Gasteiger charge is -1.98. The molecule has 11 heavy (non-hydrogen) atoms. The summed E-state index contributed by atoms with van der Waals surface area (Å²) in [4.78, 5) is 20.8. The molecular formula is C9H8O2. The van der Waals surface area contributed by atoms with Crippen LogP contribution in [0.25, 0.3) is 0 Å². The molecule has 0 N–H and O–H groups in total. The minimum absolute atomic E-state index is 0.578. The third-order valence-corrected chi connectivity index (χ3v) is 1.67. The SMILES string of the molecule is Cc1c(C=O)cccc1C=O. The van der Waals surface area contributed by atoms with Crippen LogP contribution in [-0.2, 0) is 0 Å². The van der Waals surface area contributed by atoms with Gasteiger partial charge in [-0.1, -0.05) is 18.2 Å². The van der Waals surface area contributed by atoms with E-state index in [9.17, 15) is 9.59 Å². The topological polar surface area (TPSA) is 34.1 Å². The van der Waals surface area contributed by atoms with Crippen molar-refractivity contribution in [3.63, 3.8) is 0 Å². The Labute approximate surface area is 64.8 Å². The molecule has 0 saturated heterocycles. The Morgan fingerprint density at radius 1 is 1.09 bits per heavy atom. The van der Waals surface area contributed by atoms with Crippen molar-refractivity contribution in [1.29, 1.82) is 0 Å². The van der Waals surface area contributed by atoms with Crippen LogP contribution in [0.4, 0.5) is 0 Å². The fourth-order valence-electron chi connectivity index (χ4n) is 0.927. The van der Waals surface area contributed by atoms with E-state index >= 15 is 0 Å². The molecular weight excluding hydrogens is 140 g/mol. The Morgan fingerprint density at radius 2 is 1.55 bits per heavy atom. The Hall–Kier alpha value is -1.44. The first-order chi connectivity index (χ1) is 5.29. The first-order valence-electron chi connectivity index (χ1n) is 3.29. The van der Waals surface area contributed by atoms with Gasteiger partial charge in [0.05, 0.1) is 0 Å². The molecule has 1 rings (SSSR count). The van der Waals surface area contributed by atoms with E-state index in [2.05, 4.69) is 0 Å². The number of hydrogen-bond donors (Lipinski definition) is 0. The molecule has 0 atom stereocenters. The molecule has 2 heteroatoms. The predicted molar refractivity (Wildman–Crippen MR) is 42.0 cm³/mol. The number of benzene rings is 1. The summed E-state index contributed by atoms with van der Waals surface area (Å²) >= 11 is 0. The van der Waals surface area contributed by atoms with Gasteiger partial charge in [0.1, 0.15) is 12.6 Å². The molecule has 2 nitrogen and oxygen atoms in total. The molecule has 0 saturated carbocycles. The van der Waals surface area contributed by atoms with Gasteiger partial charge < -0.3 is 0 Å². The largest absolute Gasteiger partial charge is 0.298 e. The molecule has 0 aliphatic carbocycles. The van der Waals surface area contributed by atoms with Gasteiger partial charge in [0, 0.05) is 11.1 Å². The second-order valence-corrected chi connectivity index (χ2v) is 2.30. The molecule has 0 fully saturated rings. The van der Waals surface area contributed by atoms with Crippen LogP contribution in [0.3, 0.4) is 0 Å². The summed E-state index contributed by atoms with van der Waals surface area (Å²) in [5.41, 5.74) is 1.90. The molecule has 56 valence electrons. The van der Waals surface area contributed by atoms with Crippen LogP contribution in [0.15, 0.2) is 18.2 Å². The maximum atomic E-state index is 10.4. The van der Waals surface area contributed by atoms with E-state index in [4.69, 9.17) is 0 Å². The van der Waals surface area contributed by atoms with Crippen LogP contribution in [0.5, 0.6) is 0 Å². The molecule has 0 radical (unpaired) electrons. The average Bonchev–Trinajstić information content (AvgIpc) is 2.05. The van der Waals surface area contributed by atoms with Gasteiger partial charge in [-0.15, -0.1) is 0 Å². The fraction of sp³-hybridized carbons (Fsp3) is 0.111. The number of carbonyl (C=O) groups excluding carboxylic acids is 2. The van der Waals surface area contributed by atoms with Crippen LogP contribution >= 0.6 is 0 Å². The number of aldehydes is 2. The molecule has 1 aromatic carbocycles. The van der Waals surface area contributed by atoms with Crippen molar-refractivity contribution in [2.75, 3.05) is 0 Å². The van der Waals surface area contributed by atoms with Crippen LogP contribution in [0, 0.1) is 6.92 Å². The van der Waals surface area contributed by atoms with E-state index in [-0.39, 0.29) is 0 Å². The Balaban J connectivity index is 3.30. The van der Waals surface area contributed by atoms with Gasteiger partial charge >= 0.3 is 0 Å². The molecule has 1 aromatic rings. The maximum Gasteiger partial charge on any atom is 0.150 e. The van der Waals surface area contributed by atoms with E-state index in [0.29, 0.717) is 11.1 Å². The summed E-state index contributed by atoms with van der Waals surface area (Å²) in [5.74, 6) is 0. The van der Waals surface area contributed by atoms with Crippen molar-refractivity contribution >= 4 is 12.6 Å². The standard InChI is InChI=1S/C9H8O2/c1-7-8(5-10)3-2-4-9(7)6-11/h2-6H,1H3. The highest BCUT2D eigenvalue weighted by molar-refractivity contribution is 5.85. The molecule has 0 unspecified atom stereocenters. The zero-order valence-electron chi connectivity index (χ0n) is 6.20. The molecule has 0 aromatic heterocycles. The van der Waals surface area contributed by atoms with Gasteiger partial charge in [0.2, 0.25) is 0 Å². The molecule has 0 amide bonds. The Bertz CT molecular complexity index is 263. The maximum absolute atomic E-state index is 10.4. The van der Waals surface area contributed by atoms with Crippen molar-refractivity contribution in [3.8, 4) is 0 Å². The monoisotopic (exact) mass is 148 g/mol. The van der Waals surface area contributed by atoms with Crippen molar-refractivity contribution in [2.24, 2.45) is 0 Å². The molecule has 0 aliphatic heterocycles. The van der Waals surface area contributed by atoms with Gasteiger partial charge in [0.15, 0.2) is 0 Å². The average molecular weight is 148 g/mol. The lowest BCUT2D eigenvalue weighted by Crippen LogP contribution is -1.91. The highest BCUT2D eigenvalue weighted by atomic mass is 16.1. The third-order valence-electron chi connectivity index (χ3n) is 1.67. The number of hydrogen-bond acceptors (Lipinski definition) is 2. The summed E-state index contributed by atoms with van der Waals surface area (Å²) in [6.07, 6.45) is 1.50. The highest BCUT2D eigenvalue weighted by Crippen LogP contribution is 2.08. The Kier molecular flexibility index (Phi) is 2.16. The van der Waals surface area contributed by atoms with E-state index in [0.717, 1.165) is 18.1 Å². The molecule has 0 spiro atoms. The van der Waals surface area contributed by atoms with Gasteiger partial charge in [-0.05, 0) is 12.5 Å². The number of carbonyl (C=O) groups is 2. The van der Waals surface area contributed by atoms with Crippen molar-refractivity contribution < 1.29 is 9.59 Å². The Morgan fingerprint density at radius 3 is 1.91 bits per heavy atom. The summed E-state index contributed by atoms with van der Waals surface area (Å²) in [6.45, 7) is 1.76. The summed E-state index contributed by atoms with van der Waals surface area (Å²) in [6, 6.07) is 5.07. The smallest absolute Gasteiger partial charge is 0.150 e. The first-order valence-corrected chi connectivity index (χ1v) is 3.29. The lowest BCUT2D eigenvalue weighted by atomic mass is 10.0. The predicted octanol–water partition coefficient (Wildman–Crippen LogP) is 1.62. The third kappa shape index (κ3) is 1.34. The van der Waals surface area contributed by atoms with E-state index in [1.807, 2.05) is 0 Å². The summed E-state index contributed by atoms with van der Waals surface area (Å²) in [7, 11) is 0. The van der Waals surface area contributed by atoms with Crippen molar-refractivity contribution in [3.05, 3.63) is 34.9 Å². The normalized spacial score (nSPS) is 9.18. The number of rotatable bonds is 2. The quantitative estimate of drug-likeness (QED) is 0.597. The molecule has 0 bridgehead atoms.